The summed E-state index contributed by atoms with van der Waals surface area (Å²) < 4.78 is 4.68. The minimum absolute atomic E-state index is 0.166. The smallest absolute Gasteiger partial charge is 0.307 e. The molecule has 110 valence electrons. The molecule has 0 heterocycles. The Morgan fingerprint density at radius 2 is 1.85 bits per heavy atom. The number of benzene rings is 1. The van der Waals surface area contributed by atoms with E-state index in [-0.39, 0.29) is 24.3 Å². The molecule has 0 radical (unpaired) electrons. The van der Waals surface area contributed by atoms with Crippen molar-refractivity contribution in [3.63, 3.8) is 0 Å². The minimum Gasteiger partial charge on any atom is -0.469 e. The van der Waals surface area contributed by atoms with Crippen LogP contribution in [0.15, 0.2) is 30.3 Å². The van der Waals surface area contributed by atoms with Crippen molar-refractivity contribution in [2.45, 2.75) is 32.4 Å². The van der Waals surface area contributed by atoms with Gasteiger partial charge in [-0.3, -0.25) is 14.9 Å². The zero-order valence-electron chi connectivity index (χ0n) is 12.1. The molecule has 0 saturated carbocycles. The standard InChI is InChI=1S/C15H22N2O3/c1-10(2)12(9-13(18)20-3)17-14(15(16)19)11-7-5-4-6-8-11/h4-8,10,12,14,17H,9H2,1-3H3,(H2,16,19)/t12-,14-/m0/s1. The fourth-order valence-electron chi connectivity index (χ4n) is 1.95. The third-order valence-corrected chi connectivity index (χ3v) is 3.22. The molecule has 1 aromatic carbocycles. The predicted molar refractivity (Wildman–Crippen MR) is 76.8 cm³/mol. The van der Waals surface area contributed by atoms with Gasteiger partial charge in [-0.05, 0) is 11.5 Å². The summed E-state index contributed by atoms with van der Waals surface area (Å²) in [6.45, 7) is 3.95. The lowest BCUT2D eigenvalue weighted by atomic mass is 9.97. The first-order chi connectivity index (χ1) is 9.45. The molecule has 0 aliphatic rings. The normalized spacial score (nSPS) is 13.8. The van der Waals surface area contributed by atoms with Crippen LogP contribution in [0.3, 0.4) is 0 Å². The second-order valence-electron chi connectivity index (χ2n) is 5.04. The summed E-state index contributed by atoms with van der Waals surface area (Å²) in [6, 6.07) is 8.43. The van der Waals surface area contributed by atoms with Crippen molar-refractivity contribution < 1.29 is 14.3 Å². The van der Waals surface area contributed by atoms with E-state index in [9.17, 15) is 9.59 Å². The fourth-order valence-corrected chi connectivity index (χ4v) is 1.95. The van der Waals surface area contributed by atoms with Gasteiger partial charge in [0.2, 0.25) is 5.91 Å². The van der Waals surface area contributed by atoms with Crippen molar-refractivity contribution in [3.05, 3.63) is 35.9 Å². The largest absolute Gasteiger partial charge is 0.469 e. The summed E-state index contributed by atoms with van der Waals surface area (Å²) in [5.41, 5.74) is 6.25. The van der Waals surface area contributed by atoms with Gasteiger partial charge >= 0.3 is 5.97 Å². The number of hydrogen-bond acceptors (Lipinski definition) is 4. The van der Waals surface area contributed by atoms with Crippen LogP contribution >= 0.6 is 0 Å². The van der Waals surface area contributed by atoms with Crippen molar-refractivity contribution in [1.29, 1.82) is 0 Å². The number of primary amides is 1. The van der Waals surface area contributed by atoms with E-state index in [0.29, 0.717) is 0 Å². The number of methoxy groups -OCH3 is 1. The molecule has 0 saturated heterocycles. The van der Waals surface area contributed by atoms with Crippen LogP contribution in [0.5, 0.6) is 0 Å². The van der Waals surface area contributed by atoms with Gasteiger partial charge in [-0.25, -0.2) is 0 Å². The van der Waals surface area contributed by atoms with Gasteiger partial charge in [0.1, 0.15) is 6.04 Å². The number of esters is 1. The van der Waals surface area contributed by atoms with Gasteiger partial charge in [0.15, 0.2) is 0 Å². The number of nitrogens with two attached hydrogens (primary N) is 1. The molecule has 5 nitrogen and oxygen atoms in total. The molecule has 0 aromatic heterocycles. The SMILES string of the molecule is COC(=O)C[C@H](N[C@H](C(N)=O)c1ccccc1)C(C)C. The van der Waals surface area contributed by atoms with E-state index in [1.54, 1.807) is 0 Å². The summed E-state index contributed by atoms with van der Waals surface area (Å²) in [7, 11) is 1.35. The van der Waals surface area contributed by atoms with E-state index in [1.807, 2.05) is 44.2 Å². The molecular weight excluding hydrogens is 256 g/mol. The first kappa shape index (κ1) is 16.2. The van der Waals surface area contributed by atoms with Gasteiger partial charge in [0.25, 0.3) is 0 Å². The maximum absolute atomic E-state index is 11.7. The van der Waals surface area contributed by atoms with E-state index in [2.05, 4.69) is 10.1 Å². The number of rotatable bonds is 7. The van der Waals surface area contributed by atoms with Crippen LogP contribution in [-0.2, 0) is 14.3 Å². The van der Waals surface area contributed by atoms with Crippen LogP contribution in [0.25, 0.3) is 0 Å². The number of carbonyl (C=O) groups excluding carboxylic acids is 2. The molecule has 0 aliphatic heterocycles. The van der Waals surface area contributed by atoms with E-state index in [0.717, 1.165) is 5.56 Å². The van der Waals surface area contributed by atoms with Crippen LogP contribution in [0.2, 0.25) is 0 Å². The molecule has 3 N–H and O–H groups in total. The number of carbonyl (C=O) groups is 2. The molecule has 5 heteroatoms. The first-order valence-corrected chi connectivity index (χ1v) is 6.62. The zero-order valence-corrected chi connectivity index (χ0v) is 12.1. The predicted octanol–water partition coefficient (Wildman–Crippen LogP) is 1.39. The van der Waals surface area contributed by atoms with Crippen molar-refractivity contribution in [2.24, 2.45) is 11.7 Å². The van der Waals surface area contributed by atoms with Gasteiger partial charge in [0, 0.05) is 6.04 Å². The van der Waals surface area contributed by atoms with E-state index in [4.69, 9.17) is 5.73 Å². The highest BCUT2D eigenvalue weighted by atomic mass is 16.5. The Morgan fingerprint density at radius 1 is 1.25 bits per heavy atom. The molecule has 1 aromatic rings. The zero-order chi connectivity index (χ0) is 15.1. The third-order valence-electron chi connectivity index (χ3n) is 3.22. The van der Waals surface area contributed by atoms with Crippen molar-refractivity contribution >= 4 is 11.9 Å². The second kappa shape index (κ2) is 7.65. The monoisotopic (exact) mass is 278 g/mol. The van der Waals surface area contributed by atoms with Gasteiger partial charge in [-0.15, -0.1) is 0 Å². The van der Waals surface area contributed by atoms with E-state index >= 15 is 0 Å². The highest BCUT2D eigenvalue weighted by molar-refractivity contribution is 5.81. The minimum atomic E-state index is -0.617. The summed E-state index contributed by atoms with van der Waals surface area (Å²) in [5, 5.41) is 3.16. The number of nitrogens with one attached hydrogen (secondary N) is 1. The Morgan fingerprint density at radius 3 is 2.30 bits per heavy atom. The Balaban J connectivity index is 2.87. The van der Waals surface area contributed by atoms with Crippen molar-refractivity contribution in [3.8, 4) is 0 Å². The lowest BCUT2D eigenvalue weighted by Gasteiger charge is -2.26. The maximum atomic E-state index is 11.7. The number of amides is 1. The average molecular weight is 278 g/mol. The molecule has 2 atom stereocenters. The summed E-state index contributed by atoms with van der Waals surface area (Å²) >= 11 is 0. The van der Waals surface area contributed by atoms with Crippen LogP contribution < -0.4 is 11.1 Å². The van der Waals surface area contributed by atoms with Crippen LogP contribution in [0, 0.1) is 5.92 Å². The summed E-state index contributed by atoms with van der Waals surface area (Å²) in [5.74, 6) is -0.612. The van der Waals surface area contributed by atoms with Crippen molar-refractivity contribution in [1.82, 2.24) is 5.32 Å². The molecule has 0 bridgehead atoms. The Labute approximate surface area is 119 Å². The Bertz CT molecular complexity index is 446. The molecular formula is C15H22N2O3. The lowest BCUT2D eigenvalue weighted by molar-refractivity contribution is -0.141. The third kappa shape index (κ3) is 4.66. The second-order valence-corrected chi connectivity index (χ2v) is 5.04. The fraction of sp³-hybridized carbons (Fsp3) is 0.467. The molecule has 20 heavy (non-hydrogen) atoms. The number of ether oxygens (including phenoxy) is 1. The maximum Gasteiger partial charge on any atom is 0.307 e. The van der Waals surface area contributed by atoms with E-state index < -0.39 is 11.9 Å². The van der Waals surface area contributed by atoms with Gasteiger partial charge in [-0.2, -0.15) is 0 Å². The average Bonchev–Trinajstić information content (AvgIpc) is 2.43. The molecule has 0 unspecified atom stereocenters. The lowest BCUT2D eigenvalue weighted by Crippen LogP contribution is -2.43. The van der Waals surface area contributed by atoms with Crippen LogP contribution in [0.4, 0.5) is 0 Å². The highest BCUT2D eigenvalue weighted by Crippen LogP contribution is 2.17. The number of hydrogen-bond donors (Lipinski definition) is 2. The van der Waals surface area contributed by atoms with Crippen LogP contribution in [0.1, 0.15) is 31.9 Å². The Hall–Kier alpha value is -1.88. The summed E-state index contributed by atoms with van der Waals surface area (Å²) in [6.07, 6.45) is 0.199. The molecule has 1 rings (SSSR count). The molecule has 0 aliphatic carbocycles. The first-order valence-electron chi connectivity index (χ1n) is 6.62. The highest BCUT2D eigenvalue weighted by Gasteiger charge is 2.25. The van der Waals surface area contributed by atoms with Crippen LogP contribution in [-0.4, -0.2) is 25.0 Å². The summed E-state index contributed by atoms with van der Waals surface area (Å²) in [4.78, 5) is 23.1. The van der Waals surface area contributed by atoms with Crippen molar-refractivity contribution in [2.75, 3.05) is 7.11 Å². The van der Waals surface area contributed by atoms with Gasteiger partial charge in [0.05, 0.1) is 13.5 Å². The van der Waals surface area contributed by atoms with E-state index in [1.165, 1.54) is 7.11 Å². The van der Waals surface area contributed by atoms with Gasteiger partial charge < -0.3 is 10.5 Å². The molecule has 0 spiro atoms. The molecule has 1 amide bonds. The topological polar surface area (TPSA) is 81.4 Å². The Kier molecular flexibility index (Phi) is 6.18. The van der Waals surface area contributed by atoms with Gasteiger partial charge in [-0.1, -0.05) is 44.2 Å². The quantitative estimate of drug-likeness (QED) is 0.738. The molecule has 0 fully saturated rings.